The molecule has 2 radical (unpaired) electrons. The maximum absolute atomic E-state index is 3.06. The molecule has 6 rings (SSSR count). The molecule has 0 unspecified atom stereocenters. The van der Waals surface area contributed by atoms with E-state index in [1.54, 1.807) is 0 Å². The second kappa shape index (κ2) is 19.1. The molecule has 250 valence electrons. The van der Waals surface area contributed by atoms with E-state index in [1.165, 1.54) is 101 Å². The quantitative estimate of drug-likeness (QED) is 0.125. The van der Waals surface area contributed by atoms with Crippen molar-refractivity contribution in [2.45, 2.75) is 73.6 Å². The normalized spacial score (nSPS) is 10.3. The van der Waals surface area contributed by atoms with Gasteiger partial charge in [0, 0.05) is 0 Å². The third-order valence-electron chi connectivity index (χ3n) is 8.43. The van der Waals surface area contributed by atoms with E-state index in [4.69, 9.17) is 0 Å². The van der Waals surface area contributed by atoms with Crippen molar-refractivity contribution < 1.29 is 23.3 Å². The Balaban J connectivity index is 0.000000792. The number of hydrogen-bond acceptors (Lipinski definition) is 0. The van der Waals surface area contributed by atoms with Gasteiger partial charge in [0.2, 0.25) is 0 Å². The molecule has 0 N–H and O–H groups in total. The molecular formula is C43H52Cl2SiZr-4. The predicted octanol–water partition coefficient (Wildman–Crippen LogP) is 13.5. The summed E-state index contributed by atoms with van der Waals surface area (Å²) < 4.78 is 0. The van der Waals surface area contributed by atoms with Crippen LogP contribution in [0.1, 0.15) is 73.9 Å². The van der Waals surface area contributed by atoms with Crippen molar-refractivity contribution in [1.82, 2.24) is 0 Å². The zero-order valence-corrected chi connectivity index (χ0v) is 35.2. The molecule has 0 spiro atoms. The summed E-state index contributed by atoms with van der Waals surface area (Å²) >= 11 is 1.36. The van der Waals surface area contributed by atoms with E-state index in [9.17, 15) is 0 Å². The van der Waals surface area contributed by atoms with Crippen LogP contribution >= 0.6 is 24.8 Å². The van der Waals surface area contributed by atoms with Crippen molar-refractivity contribution in [3.63, 3.8) is 0 Å². The number of fused-ring (bicyclic) bond motifs is 2. The molecule has 0 amide bonds. The van der Waals surface area contributed by atoms with Gasteiger partial charge in [-0.05, 0) is 47.4 Å². The van der Waals surface area contributed by atoms with Gasteiger partial charge < -0.3 is 14.9 Å². The van der Waals surface area contributed by atoms with Crippen molar-refractivity contribution >= 4 is 53.2 Å². The molecule has 6 aromatic rings. The average Bonchev–Trinajstić information content (AvgIpc) is 3.60. The topological polar surface area (TPSA) is 0 Å². The second-order valence-corrected chi connectivity index (χ2v) is 13.2. The summed E-state index contributed by atoms with van der Waals surface area (Å²) in [5, 5.41) is 5.48. The van der Waals surface area contributed by atoms with E-state index >= 15 is 0 Å². The van der Waals surface area contributed by atoms with E-state index < -0.39 is 0 Å². The SMILES string of the molecule is Cc1cc2c(-c3ccc(C(C)(C)C)cc3)ccc(C)c2[cH-]1.Cc1ccc(C)c(-c2cccc3[cH-]c(C(C)C)cc23)c1.Cl.Cl.[CH3-].[CH3-].[Si]=[Zr]. The summed E-state index contributed by atoms with van der Waals surface area (Å²) in [5.74, 6) is 0.578. The molecule has 0 atom stereocenters. The first-order valence-electron chi connectivity index (χ1n) is 15.2. The average molecular weight is 759 g/mol. The fraction of sp³-hybridized carbons (Fsp3) is 0.256. The Morgan fingerprint density at radius 3 is 1.85 bits per heavy atom. The zero-order chi connectivity index (χ0) is 31.5. The van der Waals surface area contributed by atoms with Gasteiger partial charge in [-0.2, -0.15) is 12.1 Å². The van der Waals surface area contributed by atoms with Gasteiger partial charge in [0.1, 0.15) is 0 Å². The van der Waals surface area contributed by atoms with E-state index in [1.807, 2.05) is 0 Å². The van der Waals surface area contributed by atoms with Gasteiger partial charge in [-0.15, -0.1) is 93.4 Å². The van der Waals surface area contributed by atoms with E-state index in [0.29, 0.717) is 5.92 Å². The summed E-state index contributed by atoms with van der Waals surface area (Å²) in [6.45, 7) is 23.1. The first-order valence-corrected chi connectivity index (χ1v) is 19.4. The van der Waals surface area contributed by atoms with Gasteiger partial charge in [0.15, 0.2) is 0 Å². The van der Waals surface area contributed by atoms with Crippen LogP contribution in [0.25, 0.3) is 43.8 Å². The van der Waals surface area contributed by atoms with Crippen LogP contribution in [0.15, 0.2) is 97.1 Å². The van der Waals surface area contributed by atoms with Gasteiger partial charge in [-0.25, -0.2) is 0 Å². The Bertz CT molecular complexity index is 1850. The fourth-order valence-electron chi connectivity index (χ4n) is 5.84. The van der Waals surface area contributed by atoms with Gasteiger partial charge in [0.05, 0.1) is 0 Å². The van der Waals surface area contributed by atoms with Crippen molar-refractivity contribution in [2.24, 2.45) is 0 Å². The Labute approximate surface area is 315 Å². The van der Waals surface area contributed by atoms with E-state index in [2.05, 4.69) is 166 Å². The third kappa shape index (κ3) is 10.4. The number of aryl methyl sites for hydroxylation is 4. The molecule has 0 nitrogen and oxygen atoms in total. The van der Waals surface area contributed by atoms with Crippen LogP contribution in [0.4, 0.5) is 0 Å². The van der Waals surface area contributed by atoms with Crippen LogP contribution in [0.2, 0.25) is 0 Å². The molecule has 0 fully saturated rings. The zero-order valence-electron chi connectivity index (χ0n) is 30.1. The standard InChI is InChI=1S/C21H23.C20H21.2CH3.2ClH.Si.Zr/c1-14-12-19-15(2)6-11-18(20(19)13-14)16-7-9-17(10-8-16)21(3,4)5;1-13(2)17-11-16-6-5-7-18(20(16)12-17)19-10-14(3)8-9-15(19)4;;;;;;/h6-13H,1-5H3;5-13H,1-4H3;2*1H3;2*1H;;/q4*-1;;;;. The summed E-state index contributed by atoms with van der Waals surface area (Å²) in [6, 6.07) is 36.1. The van der Waals surface area contributed by atoms with Crippen LogP contribution in [0.5, 0.6) is 0 Å². The summed E-state index contributed by atoms with van der Waals surface area (Å²) in [7, 11) is 0. The Hall–Kier alpha value is -2.22. The van der Waals surface area contributed by atoms with Gasteiger partial charge in [-0.1, -0.05) is 120 Å². The first kappa shape index (κ1) is 44.8. The molecule has 0 aromatic heterocycles. The van der Waals surface area contributed by atoms with E-state index in [-0.39, 0.29) is 45.1 Å². The second-order valence-electron chi connectivity index (χ2n) is 13.2. The predicted molar refractivity (Wildman–Crippen MR) is 215 cm³/mol. The van der Waals surface area contributed by atoms with Crippen LogP contribution in [0.3, 0.4) is 0 Å². The minimum atomic E-state index is 0. The Kier molecular flexibility index (Phi) is 18.2. The molecule has 0 aliphatic rings. The van der Waals surface area contributed by atoms with Crippen LogP contribution in [-0.4, -0.2) is 6.88 Å². The molecule has 0 aliphatic heterocycles. The molecule has 47 heavy (non-hydrogen) atoms. The first-order chi connectivity index (χ1) is 20.4. The summed E-state index contributed by atoms with van der Waals surface area (Å²) in [5.41, 5.74) is 13.7. The van der Waals surface area contributed by atoms with Crippen LogP contribution < -0.4 is 0 Å². The Morgan fingerprint density at radius 1 is 0.638 bits per heavy atom. The van der Waals surface area contributed by atoms with Crippen LogP contribution in [0, 0.1) is 42.5 Å². The molecule has 0 bridgehead atoms. The maximum atomic E-state index is 3.06. The molecular weight excluding hydrogens is 707 g/mol. The molecule has 0 aliphatic carbocycles. The third-order valence-corrected chi connectivity index (χ3v) is 8.43. The van der Waals surface area contributed by atoms with Crippen molar-refractivity contribution in [3.05, 3.63) is 145 Å². The van der Waals surface area contributed by atoms with Gasteiger partial charge >= 0.3 is 30.2 Å². The van der Waals surface area contributed by atoms with Crippen LogP contribution in [-0.2, 0) is 28.8 Å². The number of hydrogen-bond donors (Lipinski definition) is 0. The van der Waals surface area contributed by atoms with Gasteiger partial charge in [0.25, 0.3) is 0 Å². The minimum absolute atomic E-state index is 0. The van der Waals surface area contributed by atoms with E-state index in [0.717, 1.165) is 0 Å². The molecule has 4 heteroatoms. The van der Waals surface area contributed by atoms with Gasteiger partial charge in [-0.3, -0.25) is 0 Å². The van der Waals surface area contributed by atoms with Crippen molar-refractivity contribution in [3.8, 4) is 22.3 Å². The molecule has 6 aromatic carbocycles. The molecule has 0 saturated heterocycles. The van der Waals surface area contributed by atoms with Crippen molar-refractivity contribution in [2.75, 3.05) is 0 Å². The fourth-order valence-corrected chi connectivity index (χ4v) is 5.84. The summed E-state index contributed by atoms with van der Waals surface area (Å²) in [6.07, 6.45) is 0. The number of halogens is 2. The monoisotopic (exact) mass is 756 g/mol. The molecule has 0 saturated carbocycles. The molecule has 0 heterocycles. The summed E-state index contributed by atoms with van der Waals surface area (Å²) in [4.78, 5) is 0. The number of benzene rings is 4. The Morgan fingerprint density at radius 2 is 1.26 bits per heavy atom. The number of rotatable bonds is 3. The van der Waals surface area contributed by atoms with Crippen molar-refractivity contribution in [1.29, 1.82) is 0 Å².